The van der Waals surface area contributed by atoms with Gasteiger partial charge in [0.1, 0.15) is 0 Å². The second-order valence-corrected chi connectivity index (χ2v) is 4.50. The van der Waals surface area contributed by atoms with Crippen LogP contribution < -0.4 is 5.84 Å². The van der Waals surface area contributed by atoms with Gasteiger partial charge in [0.25, 0.3) is 0 Å². The maximum Gasteiger partial charge on any atom is 0.153 e. The molecule has 0 saturated carbocycles. The van der Waals surface area contributed by atoms with Gasteiger partial charge in [-0.2, -0.15) is 9.89 Å². The molecule has 0 unspecified atom stereocenters. The molecule has 0 aromatic carbocycles. The molecule has 0 amide bonds. The van der Waals surface area contributed by atoms with Gasteiger partial charge in [-0.15, -0.1) is 0 Å². The van der Waals surface area contributed by atoms with Gasteiger partial charge in [-0.3, -0.25) is 0 Å². The molecule has 0 saturated heterocycles. The fourth-order valence-corrected chi connectivity index (χ4v) is 1.41. The van der Waals surface area contributed by atoms with Crippen LogP contribution in [0.15, 0.2) is 12.3 Å². The summed E-state index contributed by atoms with van der Waals surface area (Å²) in [4.78, 5) is 1.08. The van der Waals surface area contributed by atoms with Gasteiger partial charge in [-0.05, 0) is 6.07 Å². The third-order valence-corrected chi connectivity index (χ3v) is 1.89. The summed E-state index contributed by atoms with van der Waals surface area (Å²) >= 11 is 0. The average Bonchev–Trinajstić information content (AvgIpc) is 2.10. The van der Waals surface area contributed by atoms with Crippen LogP contribution in [0.4, 0.5) is 0 Å². The first-order chi connectivity index (χ1) is 4.97. The highest BCUT2D eigenvalue weighted by Gasteiger charge is 2.05. The predicted molar refractivity (Wildman–Crippen MR) is 40.9 cm³/mol. The SMILES string of the molecule is CS(=O)(=O)Cc1ccn(N)n1. The summed E-state index contributed by atoms with van der Waals surface area (Å²) in [7, 11) is -3.00. The molecule has 0 spiro atoms. The number of nitrogens with zero attached hydrogens (tertiary/aromatic N) is 2. The van der Waals surface area contributed by atoms with E-state index in [1.165, 1.54) is 6.20 Å². The van der Waals surface area contributed by atoms with Gasteiger partial charge >= 0.3 is 0 Å². The lowest BCUT2D eigenvalue weighted by Crippen LogP contribution is -2.09. The second kappa shape index (κ2) is 2.54. The molecule has 2 N–H and O–H groups in total. The minimum atomic E-state index is -3.00. The van der Waals surface area contributed by atoms with Crippen LogP contribution in [-0.2, 0) is 15.6 Å². The van der Waals surface area contributed by atoms with Crippen LogP contribution in [0.1, 0.15) is 5.69 Å². The van der Waals surface area contributed by atoms with Crippen LogP contribution in [0, 0.1) is 0 Å². The molecule has 1 rings (SSSR count). The Bertz CT molecular complexity index is 340. The molecule has 6 heteroatoms. The van der Waals surface area contributed by atoms with Crippen LogP contribution in [0.25, 0.3) is 0 Å². The van der Waals surface area contributed by atoms with Crippen molar-refractivity contribution in [2.75, 3.05) is 12.1 Å². The van der Waals surface area contributed by atoms with Crippen LogP contribution in [-0.4, -0.2) is 24.6 Å². The third kappa shape index (κ3) is 2.58. The Labute approximate surface area is 64.7 Å². The van der Waals surface area contributed by atoms with Gasteiger partial charge in [-0.25, -0.2) is 8.42 Å². The van der Waals surface area contributed by atoms with Gasteiger partial charge in [0.05, 0.1) is 11.4 Å². The van der Waals surface area contributed by atoms with E-state index < -0.39 is 9.84 Å². The topological polar surface area (TPSA) is 78.0 Å². The number of hydrogen-bond acceptors (Lipinski definition) is 4. The smallest absolute Gasteiger partial charge is 0.153 e. The van der Waals surface area contributed by atoms with Crippen molar-refractivity contribution in [3.05, 3.63) is 18.0 Å². The maximum absolute atomic E-state index is 10.7. The Balaban J connectivity index is 2.81. The Morgan fingerprint density at radius 2 is 2.36 bits per heavy atom. The molecule has 1 heterocycles. The fraction of sp³-hybridized carbons (Fsp3) is 0.400. The van der Waals surface area contributed by atoms with E-state index in [1.54, 1.807) is 6.07 Å². The first-order valence-electron chi connectivity index (χ1n) is 2.95. The maximum atomic E-state index is 10.7. The van der Waals surface area contributed by atoms with Gasteiger partial charge in [0.15, 0.2) is 9.84 Å². The standard InChI is InChI=1S/C5H9N3O2S/c1-11(9,10)4-5-2-3-8(6)7-5/h2-3H,4,6H2,1H3. The zero-order chi connectivity index (χ0) is 8.48. The molecule has 11 heavy (non-hydrogen) atoms. The van der Waals surface area contributed by atoms with E-state index in [1.807, 2.05) is 0 Å². The Hall–Kier alpha value is -1.04. The highest BCUT2D eigenvalue weighted by molar-refractivity contribution is 7.89. The number of sulfone groups is 1. The lowest BCUT2D eigenvalue weighted by Gasteiger charge is -1.91. The van der Waals surface area contributed by atoms with Crippen molar-refractivity contribution < 1.29 is 8.42 Å². The van der Waals surface area contributed by atoms with E-state index in [-0.39, 0.29) is 5.75 Å². The first kappa shape index (κ1) is 8.06. The molecule has 0 aliphatic heterocycles. The summed E-state index contributed by atoms with van der Waals surface area (Å²) in [5.41, 5.74) is 0.468. The lowest BCUT2D eigenvalue weighted by molar-refractivity contribution is 0.600. The molecular formula is C5H9N3O2S. The van der Waals surface area contributed by atoms with Gasteiger partial charge in [0.2, 0.25) is 0 Å². The molecule has 1 aromatic rings. The highest BCUT2D eigenvalue weighted by Crippen LogP contribution is 1.99. The van der Waals surface area contributed by atoms with Crippen molar-refractivity contribution in [2.24, 2.45) is 0 Å². The lowest BCUT2D eigenvalue weighted by atomic mass is 10.5. The summed E-state index contributed by atoms with van der Waals surface area (Å²) in [6, 6.07) is 1.57. The summed E-state index contributed by atoms with van der Waals surface area (Å²) in [6.07, 6.45) is 2.66. The summed E-state index contributed by atoms with van der Waals surface area (Å²) in [5, 5.41) is 3.71. The molecule has 5 nitrogen and oxygen atoms in total. The minimum Gasteiger partial charge on any atom is -0.323 e. The van der Waals surface area contributed by atoms with Gasteiger partial charge in [-0.1, -0.05) is 0 Å². The highest BCUT2D eigenvalue weighted by atomic mass is 32.2. The Kier molecular flexibility index (Phi) is 1.86. The van der Waals surface area contributed by atoms with Crippen LogP contribution in [0.3, 0.4) is 0 Å². The summed E-state index contributed by atoms with van der Waals surface area (Å²) < 4.78 is 21.4. The van der Waals surface area contributed by atoms with Crippen molar-refractivity contribution in [1.82, 2.24) is 9.89 Å². The predicted octanol–water partition coefficient (Wildman–Crippen LogP) is -0.858. The normalized spacial score (nSPS) is 11.7. The van der Waals surface area contributed by atoms with E-state index in [9.17, 15) is 8.42 Å². The third-order valence-electron chi connectivity index (χ3n) is 1.07. The fourth-order valence-electron chi connectivity index (χ4n) is 0.723. The van der Waals surface area contributed by atoms with E-state index in [0.29, 0.717) is 5.69 Å². The Morgan fingerprint density at radius 1 is 1.73 bits per heavy atom. The molecule has 0 radical (unpaired) electrons. The summed E-state index contributed by atoms with van der Waals surface area (Å²) in [6.45, 7) is 0. The monoisotopic (exact) mass is 175 g/mol. The largest absolute Gasteiger partial charge is 0.323 e. The van der Waals surface area contributed by atoms with E-state index >= 15 is 0 Å². The van der Waals surface area contributed by atoms with Crippen molar-refractivity contribution in [3.8, 4) is 0 Å². The molecule has 0 bridgehead atoms. The summed E-state index contributed by atoms with van der Waals surface area (Å²) in [5.74, 6) is 5.15. The zero-order valence-corrected chi connectivity index (χ0v) is 6.87. The van der Waals surface area contributed by atoms with Crippen LogP contribution in [0.5, 0.6) is 0 Å². The number of hydrogen-bond donors (Lipinski definition) is 1. The minimum absolute atomic E-state index is 0.0583. The second-order valence-electron chi connectivity index (χ2n) is 2.36. The molecule has 0 aliphatic rings. The first-order valence-corrected chi connectivity index (χ1v) is 5.01. The van der Waals surface area contributed by atoms with Gasteiger partial charge in [0, 0.05) is 12.5 Å². The van der Waals surface area contributed by atoms with Crippen LogP contribution in [0.2, 0.25) is 0 Å². The molecular weight excluding hydrogens is 166 g/mol. The number of rotatable bonds is 2. The number of nitrogen functional groups attached to an aromatic ring is 1. The van der Waals surface area contributed by atoms with E-state index in [2.05, 4.69) is 5.10 Å². The number of nitrogens with two attached hydrogens (primary N) is 1. The van der Waals surface area contributed by atoms with E-state index in [4.69, 9.17) is 5.84 Å². The zero-order valence-electron chi connectivity index (χ0n) is 6.06. The van der Waals surface area contributed by atoms with Crippen molar-refractivity contribution in [3.63, 3.8) is 0 Å². The van der Waals surface area contributed by atoms with Crippen molar-refractivity contribution in [1.29, 1.82) is 0 Å². The van der Waals surface area contributed by atoms with Crippen molar-refractivity contribution in [2.45, 2.75) is 5.75 Å². The molecule has 1 aromatic heterocycles. The van der Waals surface area contributed by atoms with E-state index in [0.717, 1.165) is 11.0 Å². The van der Waals surface area contributed by atoms with Crippen molar-refractivity contribution >= 4 is 9.84 Å². The molecule has 0 aliphatic carbocycles. The molecule has 0 fully saturated rings. The molecule has 0 atom stereocenters. The number of aromatic nitrogens is 2. The van der Waals surface area contributed by atoms with Gasteiger partial charge < -0.3 is 5.84 Å². The molecule has 62 valence electrons. The average molecular weight is 175 g/mol. The Morgan fingerprint density at radius 3 is 2.73 bits per heavy atom. The quantitative estimate of drug-likeness (QED) is 0.593. The van der Waals surface area contributed by atoms with Crippen LogP contribution >= 0.6 is 0 Å².